The first-order chi connectivity index (χ1) is 21.7. The Balaban J connectivity index is 1.57. The largest absolute Gasteiger partial charge is 0.416 e. The van der Waals surface area contributed by atoms with Gasteiger partial charge in [0.2, 0.25) is 5.91 Å². The van der Waals surface area contributed by atoms with E-state index < -0.39 is 52.2 Å². The van der Waals surface area contributed by atoms with Crippen molar-refractivity contribution < 1.29 is 41.1 Å². The van der Waals surface area contributed by atoms with Crippen molar-refractivity contribution in [2.24, 2.45) is 0 Å². The van der Waals surface area contributed by atoms with Crippen LogP contribution in [0, 0.1) is 0 Å². The first-order valence-corrected chi connectivity index (χ1v) is 16.2. The van der Waals surface area contributed by atoms with Gasteiger partial charge in [0.15, 0.2) is 9.84 Å². The molecule has 3 aromatic rings. The zero-order valence-electron chi connectivity index (χ0n) is 25.5. The molecule has 0 unspecified atom stereocenters. The van der Waals surface area contributed by atoms with Crippen LogP contribution >= 0.6 is 0 Å². The molecule has 4 rings (SSSR count). The van der Waals surface area contributed by atoms with Gasteiger partial charge in [-0.25, -0.2) is 13.2 Å². The number of nitrogens with one attached hydrogen (secondary N) is 1. The molecule has 0 aliphatic carbocycles. The van der Waals surface area contributed by atoms with E-state index in [4.69, 9.17) is 0 Å². The zero-order valence-corrected chi connectivity index (χ0v) is 26.3. The second kappa shape index (κ2) is 13.9. The molecule has 0 aromatic heterocycles. The summed E-state index contributed by atoms with van der Waals surface area (Å²) in [5.74, 6) is -0.929. The number of hydrogen-bond donors (Lipinski definition) is 2. The number of carbonyl (C=O) groups is 3. The summed E-state index contributed by atoms with van der Waals surface area (Å²) in [6.45, 7) is 3.35. The van der Waals surface area contributed by atoms with Crippen LogP contribution < -0.4 is 15.1 Å². The maximum Gasteiger partial charge on any atom is 0.416 e. The minimum absolute atomic E-state index is 0.0666. The van der Waals surface area contributed by atoms with Gasteiger partial charge in [0, 0.05) is 37.1 Å². The molecule has 14 heteroatoms. The van der Waals surface area contributed by atoms with Crippen LogP contribution in [0.25, 0.3) is 0 Å². The Labute approximate surface area is 265 Å². The van der Waals surface area contributed by atoms with Gasteiger partial charge in [-0.15, -0.1) is 0 Å². The average molecular weight is 661 g/mol. The lowest BCUT2D eigenvalue weighted by molar-refractivity contribution is -0.137. The standard InChI is InChI=1S/C32H35F3N4O6S/c1-4-37(3)30(42)28-18-19-38(24-14-10-23(11-15-24)32(33,34)35)31(43)39(28)25-12-6-22(7-13-25)29(41)36-27(20-40)21-8-16-26(17-9-21)46(44,45)5-2/h6-17,27-28,40H,4-5,18-20H2,1-3H3,(H,36,41)/t27-,28-/m0/s1. The highest BCUT2D eigenvalue weighted by molar-refractivity contribution is 7.91. The monoisotopic (exact) mass is 660 g/mol. The molecule has 4 amide bonds. The number of urea groups is 1. The fraction of sp³-hybridized carbons (Fsp3) is 0.344. The van der Waals surface area contributed by atoms with Gasteiger partial charge in [0.25, 0.3) is 5.91 Å². The molecule has 46 heavy (non-hydrogen) atoms. The fourth-order valence-electron chi connectivity index (χ4n) is 5.07. The SMILES string of the molecule is CCN(C)C(=O)[C@@H]1CCN(c2ccc(C(F)(F)F)cc2)C(=O)N1c1ccc(C(=O)N[C@@H](CO)c2ccc(S(=O)(=O)CC)cc2)cc1. The average Bonchev–Trinajstić information content (AvgIpc) is 3.06. The van der Waals surface area contributed by atoms with E-state index in [1.807, 2.05) is 0 Å². The molecule has 0 bridgehead atoms. The van der Waals surface area contributed by atoms with E-state index in [0.29, 0.717) is 17.8 Å². The molecule has 1 fully saturated rings. The van der Waals surface area contributed by atoms with Gasteiger partial charge >= 0.3 is 12.2 Å². The predicted molar refractivity (Wildman–Crippen MR) is 166 cm³/mol. The molecule has 3 aromatic carbocycles. The molecule has 0 radical (unpaired) electrons. The Morgan fingerprint density at radius 2 is 1.57 bits per heavy atom. The number of rotatable bonds is 10. The Morgan fingerprint density at radius 3 is 2.09 bits per heavy atom. The molecule has 1 aliphatic rings. The second-order valence-electron chi connectivity index (χ2n) is 10.7. The molecule has 0 spiro atoms. The number of hydrogen-bond acceptors (Lipinski definition) is 6. The van der Waals surface area contributed by atoms with Crippen LogP contribution in [0.5, 0.6) is 0 Å². The summed E-state index contributed by atoms with van der Waals surface area (Å²) in [5, 5.41) is 12.6. The van der Waals surface area contributed by atoms with Crippen molar-refractivity contribution in [1.82, 2.24) is 10.2 Å². The first kappa shape index (κ1) is 34.4. The Bertz CT molecular complexity index is 1660. The van der Waals surface area contributed by atoms with Crippen LogP contribution in [0.2, 0.25) is 0 Å². The minimum Gasteiger partial charge on any atom is -0.394 e. The Kier molecular flexibility index (Phi) is 10.4. The van der Waals surface area contributed by atoms with Crippen LogP contribution in [0.15, 0.2) is 77.7 Å². The van der Waals surface area contributed by atoms with Gasteiger partial charge in [0.05, 0.1) is 28.9 Å². The first-order valence-electron chi connectivity index (χ1n) is 14.6. The summed E-state index contributed by atoms with van der Waals surface area (Å²) in [5.41, 5.74) is 0.363. The third kappa shape index (κ3) is 7.34. The van der Waals surface area contributed by atoms with E-state index >= 15 is 0 Å². The third-order valence-electron chi connectivity index (χ3n) is 7.93. The summed E-state index contributed by atoms with van der Waals surface area (Å²) < 4.78 is 63.6. The maximum atomic E-state index is 13.8. The van der Waals surface area contributed by atoms with Gasteiger partial charge < -0.3 is 15.3 Å². The number of alkyl halides is 3. The van der Waals surface area contributed by atoms with Crippen LogP contribution in [0.4, 0.5) is 29.3 Å². The maximum absolute atomic E-state index is 13.8. The van der Waals surface area contributed by atoms with Gasteiger partial charge in [-0.2, -0.15) is 13.2 Å². The van der Waals surface area contributed by atoms with E-state index in [0.717, 1.165) is 12.1 Å². The molecular formula is C32H35F3N4O6S. The molecule has 1 aliphatic heterocycles. The van der Waals surface area contributed by atoms with E-state index in [-0.39, 0.29) is 40.8 Å². The lowest BCUT2D eigenvalue weighted by Crippen LogP contribution is -2.60. The van der Waals surface area contributed by atoms with Crippen molar-refractivity contribution in [3.8, 4) is 0 Å². The molecule has 2 atom stereocenters. The van der Waals surface area contributed by atoms with E-state index in [1.54, 1.807) is 14.0 Å². The van der Waals surface area contributed by atoms with E-state index in [2.05, 4.69) is 5.32 Å². The zero-order chi connectivity index (χ0) is 33.8. The number of likely N-dealkylation sites (N-methyl/N-ethyl adjacent to an activating group) is 1. The highest BCUT2D eigenvalue weighted by atomic mass is 32.2. The van der Waals surface area contributed by atoms with Crippen molar-refractivity contribution >= 4 is 39.1 Å². The van der Waals surface area contributed by atoms with Crippen LogP contribution in [0.3, 0.4) is 0 Å². The van der Waals surface area contributed by atoms with Crippen LogP contribution in [0.1, 0.15) is 47.8 Å². The second-order valence-corrected chi connectivity index (χ2v) is 13.0. The fourth-order valence-corrected chi connectivity index (χ4v) is 5.95. The highest BCUT2D eigenvalue weighted by Gasteiger charge is 2.40. The molecule has 0 saturated carbocycles. The molecule has 246 valence electrons. The number of halogens is 3. The predicted octanol–water partition coefficient (Wildman–Crippen LogP) is 4.65. The van der Waals surface area contributed by atoms with Gasteiger partial charge in [-0.05, 0) is 79.6 Å². The van der Waals surface area contributed by atoms with Crippen molar-refractivity contribution in [2.45, 2.75) is 43.4 Å². The van der Waals surface area contributed by atoms with Gasteiger partial charge in [-0.1, -0.05) is 19.1 Å². The van der Waals surface area contributed by atoms with Crippen molar-refractivity contribution in [3.63, 3.8) is 0 Å². The molecule has 1 heterocycles. The van der Waals surface area contributed by atoms with Gasteiger partial charge in [0.1, 0.15) is 6.04 Å². The van der Waals surface area contributed by atoms with Crippen LogP contribution in [-0.2, 0) is 20.8 Å². The molecule has 2 N–H and O–H groups in total. The number of nitrogens with zero attached hydrogens (tertiary/aromatic N) is 3. The Morgan fingerprint density at radius 1 is 0.978 bits per heavy atom. The van der Waals surface area contributed by atoms with E-state index in [9.17, 15) is 41.1 Å². The van der Waals surface area contributed by atoms with E-state index in [1.165, 1.54) is 82.3 Å². The van der Waals surface area contributed by atoms with Crippen molar-refractivity contribution in [2.75, 3.05) is 42.3 Å². The number of anilines is 2. The number of carbonyl (C=O) groups excluding carboxylic acids is 3. The molecule has 10 nitrogen and oxygen atoms in total. The third-order valence-corrected chi connectivity index (χ3v) is 9.68. The van der Waals surface area contributed by atoms with Gasteiger partial charge in [-0.3, -0.25) is 19.4 Å². The number of amides is 4. The Hall–Kier alpha value is -4.43. The van der Waals surface area contributed by atoms with Crippen LogP contribution in [-0.4, -0.2) is 74.8 Å². The minimum atomic E-state index is -4.54. The normalized spacial score (nSPS) is 16.2. The highest BCUT2D eigenvalue weighted by Crippen LogP contribution is 2.33. The smallest absolute Gasteiger partial charge is 0.394 e. The number of aliphatic hydroxyl groups is 1. The summed E-state index contributed by atoms with van der Waals surface area (Å²) in [6.07, 6.45) is -4.33. The summed E-state index contributed by atoms with van der Waals surface area (Å²) in [6, 6.07) is 13.6. The van der Waals surface area contributed by atoms with Crippen molar-refractivity contribution in [1.29, 1.82) is 0 Å². The molecular weight excluding hydrogens is 625 g/mol. The summed E-state index contributed by atoms with van der Waals surface area (Å²) >= 11 is 0. The molecule has 1 saturated heterocycles. The lowest BCUT2D eigenvalue weighted by Gasteiger charge is -2.41. The quantitative estimate of drug-likeness (QED) is 0.326. The topological polar surface area (TPSA) is 127 Å². The summed E-state index contributed by atoms with van der Waals surface area (Å²) in [7, 11) is -1.81. The summed E-state index contributed by atoms with van der Waals surface area (Å²) in [4.78, 5) is 44.4. The number of aliphatic hydroxyl groups excluding tert-OH is 1. The lowest BCUT2D eigenvalue weighted by atomic mass is 10.0. The van der Waals surface area contributed by atoms with Crippen molar-refractivity contribution in [3.05, 3.63) is 89.5 Å². The number of sulfone groups is 1. The number of benzene rings is 3.